The fourth-order valence-corrected chi connectivity index (χ4v) is 4.33. The fraction of sp³-hybridized carbons (Fsp3) is 0.125. The van der Waals surface area contributed by atoms with E-state index in [2.05, 4.69) is 31.8 Å². The summed E-state index contributed by atoms with van der Waals surface area (Å²) in [5.41, 5.74) is 3.70. The van der Waals surface area contributed by atoms with Crippen LogP contribution in [0.3, 0.4) is 0 Å². The number of hydrogen-bond acceptors (Lipinski definition) is 9. The third-order valence-electron chi connectivity index (χ3n) is 6.05. The number of hydrogen-bond donors (Lipinski definition) is 2. The van der Waals surface area contributed by atoms with E-state index in [1.807, 2.05) is 13.8 Å². The van der Waals surface area contributed by atoms with Gasteiger partial charge in [0.15, 0.2) is 11.5 Å². The molecule has 4 rings (SSSR count). The van der Waals surface area contributed by atoms with E-state index in [-0.39, 0.29) is 22.6 Å². The molecule has 2 N–H and O–H groups in total. The normalized spacial score (nSPS) is 10.6. The van der Waals surface area contributed by atoms with Crippen molar-refractivity contribution >= 4 is 51.3 Å². The second-order valence-corrected chi connectivity index (χ2v) is 10.1. The van der Waals surface area contributed by atoms with Crippen LogP contribution in [0.2, 0.25) is 0 Å². The first-order chi connectivity index (χ1) is 21.7. The molecule has 0 unspecified atom stereocenters. The Bertz CT molecular complexity index is 1760. The lowest BCUT2D eigenvalue weighted by Gasteiger charge is -2.12. The smallest absolute Gasteiger partial charge is 0.343 e. The summed E-state index contributed by atoms with van der Waals surface area (Å²) < 4.78 is 17.3. The maximum atomic E-state index is 12.9. The molecule has 230 valence electrons. The lowest BCUT2D eigenvalue weighted by atomic mass is 10.1. The molecule has 2 amide bonds. The number of carbonyl (C=O) groups is 3. The van der Waals surface area contributed by atoms with Gasteiger partial charge in [0.05, 0.1) is 29.9 Å². The van der Waals surface area contributed by atoms with Gasteiger partial charge in [-0.3, -0.25) is 19.7 Å². The summed E-state index contributed by atoms with van der Waals surface area (Å²) >= 11 is 3.35. The summed E-state index contributed by atoms with van der Waals surface area (Å²) in [5, 5.41) is 17.6. The topological polar surface area (TPSA) is 158 Å². The number of nitro groups is 1. The number of carbonyl (C=O) groups excluding carboxylic acids is 3. The molecule has 0 aliphatic carbocycles. The molecule has 0 aliphatic rings. The Morgan fingerprint density at radius 3 is 2.20 bits per heavy atom. The van der Waals surface area contributed by atoms with Gasteiger partial charge < -0.3 is 19.5 Å². The Labute approximate surface area is 266 Å². The van der Waals surface area contributed by atoms with E-state index in [0.717, 1.165) is 0 Å². The second-order valence-electron chi connectivity index (χ2n) is 9.14. The van der Waals surface area contributed by atoms with E-state index in [1.54, 1.807) is 48.5 Å². The van der Waals surface area contributed by atoms with E-state index < -0.39 is 22.7 Å². The number of nitrogens with one attached hydrogen (secondary N) is 2. The third-order valence-corrected chi connectivity index (χ3v) is 6.54. The molecule has 0 heterocycles. The van der Waals surface area contributed by atoms with E-state index >= 15 is 0 Å². The molecule has 0 saturated heterocycles. The van der Waals surface area contributed by atoms with Gasteiger partial charge in [-0.25, -0.2) is 10.2 Å². The average Bonchev–Trinajstić information content (AvgIpc) is 3.03. The zero-order valence-electron chi connectivity index (χ0n) is 24.1. The van der Waals surface area contributed by atoms with Crippen molar-refractivity contribution in [1.82, 2.24) is 5.43 Å². The zero-order valence-corrected chi connectivity index (χ0v) is 25.7. The molecular formula is C32H27BrN4O8. The first-order valence-corrected chi connectivity index (χ1v) is 14.4. The molecule has 0 saturated carbocycles. The highest BCUT2D eigenvalue weighted by atomic mass is 79.9. The molecule has 12 nitrogen and oxygen atoms in total. The number of hydrazone groups is 1. The zero-order chi connectivity index (χ0) is 32.3. The van der Waals surface area contributed by atoms with Crippen LogP contribution in [0.25, 0.3) is 0 Å². The Kier molecular flexibility index (Phi) is 11.0. The molecule has 13 heteroatoms. The van der Waals surface area contributed by atoms with Crippen LogP contribution in [0.5, 0.6) is 17.2 Å². The van der Waals surface area contributed by atoms with Crippen molar-refractivity contribution in [2.75, 3.05) is 18.5 Å². The monoisotopic (exact) mass is 674 g/mol. The van der Waals surface area contributed by atoms with Gasteiger partial charge in [0, 0.05) is 39.0 Å². The Morgan fingerprint density at radius 1 is 0.822 bits per heavy atom. The fourth-order valence-electron chi connectivity index (χ4n) is 3.95. The summed E-state index contributed by atoms with van der Waals surface area (Å²) in [7, 11) is 0. The minimum Gasteiger partial charge on any atom is -0.490 e. The molecular weight excluding hydrogens is 648 g/mol. The lowest BCUT2D eigenvalue weighted by Crippen LogP contribution is -2.18. The summed E-state index contributed by atoms with van der Waals surface area (Å²) in [4.78, 5) is 48.7. The van der Waals surface area contributed by atoms with Crippen molar-refractivity contribution in [3.63, 3.8) is 0 Å². The Hall–Kier alpha value is -5.56. The summed E-state index contributed by atoms with van der Waals surface area (Å²) in [6, 6.07) is 21.0. The maximum absolute atomic E-state index is 12.9. The van der Waals surface area contributed by atoms with Crippen molar-refractivity contribution in [2.45, 2.75) is 13.8 Å². The number of ether oxygens (including phenoxy) is 3. The lowest BCUT2D eigenvalue weighted by molar-refractivity contribution is -0.384. The Morgan fingerprint density at radius 2 is 1.49 bits per heavy atom. The van der Waals surface area contributed by atoms with Crippen LogP contribution in [0.4, 0.5) is 11.4 Å². The summed E-state index contributed by atoms with van der Waals surface area (Å²) in [6.07, 6.45) is 1.30. The predicted molar refractivity (Wildman–Crippen MR) is 170 cm³/mol. The van der Waals surface area contributed by atoms with E-state index in [1.165, 1.54) is 42.6 Å². The van der Waals surface area contributed by atoms with Gasteiger partial charge in [-0.05, 0) is 80.6 Å². The number of amides is 2. The average molecular weight is 675 g/mol. The third kappa shape index (κ3) is 8.74. The standard InChI is InChI=1S/C32H27BrN4O8/c1-3-43-28-14-10-22(18-29(28)44-4-2)30(38)35-25-7-5-6-21(17-25)31(39)36-34-19-23-16-24(33)11-15-27(23)45-32(40)20-8-12-26(13-9-20)37(41)42/h5-19H,3-4H2,1-2H3,(H,35,38)(H,36,39). The van der Waals surface area contributed by atoms with Crippen molar-refractivity contribution < 1.29 is 33.5 Å². The number of nitro benzene ring substituents is 1. The van der Waals surface area contributed by atoms with Gasteiger partial charge in [0.25, 0.3) is 17.5 Å². The molecule has 0 bridgehead atoms. The predicted octanol–water partition coefficient (Wildman–Crippen LogP) is 6.39. The van der Waals surface area contributed by atoms with Crippen molar-refractivity contribution in [3.05, 3.63) is 122 Å². The van der Waals surface area contributed by atoms with Gasteiger partial charge in [0.2, 0.25) is 0 Å². The number of nitrogens with zero attached hydrogens (tertiary/aromatic N) is 2. The van der Waals surface area contributed by atoms with Crippen LogP contribution in [-0.4, -0.2) is 42.1 Å². The quantitative estimate of drug-likeness (QED) is 0.0575. The van der Waals surface area contributed by atoms with Crippen LogP contribution < -0.4 is 25.0 Å². The number of rotatable bonds is 12. The summed E-state index contributed by atoms with van der Waals surface area (Å²) in [5.74, 6) is -0.558. The molecule has 0 fully saturated rings. The van der Waals surface area contributed by atoms with Gasteiger partial charge in [-0.15, -0.1) is 0 Å². The second kappa shape index (κ2) is 15.3. The first-order valence-electron chi connectivity index (χ1n) is 13.6. The van der Waals surface area contributed by atoms with Crippen LogP contribution >= 0.6 is 15.9 Å². The molecule has 0 radical (unpaired) electrons. The van der Waals surface area contributed by atoms with Gasteiger partial charge >= 0.3 is 5.97 Å². The SMILES string of the molecule is CCOc1ccc(C(=O)Nc2cccc(C(=O)NN=Cc3cc(Br)ccc3OC(=O)c3ccc([N+](=O)[O-])cc3)c2)cc1OCC. The molecule has 0 aliphatic heterocycles. The molecule has 0 atom stereocenters. The highest BCUT2D eigenvalue weighted by molar-refractivity contribution is 9.10. The highest BCUT2D eigenvalue weighted by Crippen LogP contribution is 2.29. The molecule has 45 heavy (non-hydrogen) atoms. The number of esters is 1. The number of benzene rings is 4. The number of halogens is 1. The molecule has 0 aromatic heterocycles. The van der Waals surface area contributed by atoms with E-state index in [9.17, 15) is 24.5 Å². The van der Waals surface area contributed by atoms with Crippen molar-refractivity contribution in [3.8, 4) is 17.2 Å². The van der Waals surface area contributed by atoms with Crippen molar-refractivity contribution in [2.24, 2.45) is 5.10 Å². The highest BCUT2D eigenvalue weighted by Gasteiger charge is 2.15. The number of non-ortho nitro benzene ring substituents is 1. The maximum Gasteiger partial charge on any atom is 0.343 e. The van der Waals surface area contributed by atoms with Crippen LogP contribution in [0.1, 0.15) is 50.5 Å². The van der Waals surface area contributed by atoms with Crippen LogP contribution in [-0.2, 0) is 0 Å². The van der Waals surface area contributed by atoms with Crippen LogP contribution in [0, 0.1) is 10.1 Å². The molecule has 0 spiro atoms. The first kappa shape index (κ1) is 32.4. The largest absolute Gasteiger partial charge is 0.490 e. The summed E-state index contributed by atoms with van der Waals surface area (Å²) in [6.45, 7) is 4.54. The minimum absolute atomic E-state index is 0.115. The molecule has 4 aromatic carbocycles. The number of anilines is 1. The Balaban J connectivity index is 1.42. The van der Waals surface area contributed by atoms with Gasteiger partial charge in [-0.1, -0.05) is 22.0 Å². The molecule has 4 aromatic rings. The van der Waals surface area contributed by atoms with E-state index in [0.29, 0.717) is 46.0 Å². The van der Waals surface area contributed by atoms with Crippen LogP contribution in [0.15, 0.2) is 94.5 Å². The van der Waals surface area contributed by atoms with Crippen molar-refractivity contribution in [1.29, 1.82) is 0 Å². The van der Waals surface area contributed by atoms with Gasteiger partial charge in [-0.2, -0.15) is 5.10 Å². The van der Waals surface area contributed by atoms with E-state index in [4.69, 9.17) is 14.2 Å². The minimum atomic E-state index is -0.732. The van der Waals surface area contributed by atoms with Gasteiger partial charge in [0.1, 0.15) is 5.75 Å².